The Kier molecular flexibility index (Phi) is 27.4. The number of nitrogen functional groups attached to an aromatic ring is 1. The SMILES string of the molecule is CC(C)n1cnnc1-c1cccc(NC(=O)c2cc(CC(=O)c3ccc(Br)cn3)ccc2F)n1.CC(C)n1cnnc1-c1cccc(NC(=O)c2cc(CC(=O)c3ccc(Br)cn3)ccc2F)n1.CC(C)n1cnnc1-c1cccc(NC(=O)c2cc(N)ccc2F)n1.Cl.O=C(O)c1ccc(Br)cn1. The van der Waals surface area contributed by atoms with E-state index in [1.165, 1.54) is 73.2 Å². The van der Waals surface area contributed by atoms with E-state index in [1.54, 1.807) is 104 Å². The predicted molar refractivity (Wildman–Crippen MR) is 394 cm³/mol. The maximum atomic E-state index is 14.5. The molecule has 3 amide bonds. The Morgan fingerprint density at radius 1 is 0.442 bits per heavy atom. The van der Waals surface area contributed by atoms with Gasteiger partial charge in [0, 0.05) is 68.7 Å². The van der Waals surface area contributed by atoms with Crippen LogP contribution in [0.1, 0.15) is 133 Å². The van der Waals surface area contributed by atoms with Gasteiger partial charge in [-0.25, -0.2) is 37.9 Å². The molecule has 9 heterocycles. The summed E-state index contributed by atoms with van der Waals surface area (Å²) < 4.78 is 50.6. The number of pyridine rings is 6. The highest BCUT2D eigenvalue weighted by Gasteiger charge is 2.22. The Bertz CT molecular complexity index is 4840. The third-order valence-corrected chi connectivity index (χ3v) is 15.9. The molecule has 26 nitrogen and oxygen atoms in total. The molecule has 0 saturated carbocycles. The van der Waals surface area contributed by atoms with Gasteiger partial charge in [-0.15, -0.1) is 43.0 Å². The van der Waals surface area contributed by atoms with Crippen molar-refractivity contribution in [2.75, 3.05) is 21.7 Å². The molecule has 6 N–H and O–H groups in total. The summed E-state index contributed by atoms with van der Waals surface area (Å²) in [5, 5.41) is 40.3. The normalized spacial score (nSPS) is 10.7. The summed E-state index contributed by atoms with van der Waals surface area (Å²) in [7, 11) is 0. The number of benzene rings is 3. The topological polar surface area (TPSA) is 354 Å². The first-order valence-corrected chi connectivity index (χ1v) is 33.5. The van der Waals surface area contributed by atoms with Gasteiger partial charge in [0.25, 0.3) is 17.7 Å². The van der Waals surface area contributed by atoms with Gasteiger partial charge in [0.2, 0.25) is 0 Å². The molecule has 9 aromatic heterocycles. The van der Waals surface area contributed by atoms with Crippen LogP contribution in [0.25, 0.3) is 34.6 Å². The highest BCUT2D eigenvalue weighted by molar-refractivity contribution is 9.11. The van der Waals surface area contributed by atoms with Crippen LogP contribution in [0.2, 0.25) is 0 Å². The van der Waals surface area contributed by atoms with Crippen LogP contribution >= 0.6 is 60.2 Å². The second-order valence-corrected chi connectivity index (χ2v) is 25.8. The monoisotopic (exact) mass is 1620 g/mol. The molecular weight excluding hydrogens is 1560 g/mol. The molecule has 0 fully saturated rings. The Labute approximate surface area is 623 Å². The maximum Gasteiger partial charge on any atom is 0.354 e. The van der Waals surface area contributed by atoms with Gasteiger partial charge in [0.15, 0.2) is 29.0 Å². The smallest absolute Gasteiger partial charge is 0.354 e. The van der Waals surface area contributed by atoms with Crippen molar-refractivity contribution >= 4 is 119 Å². The number of carboxylic acids is 1. The highest BCUT2D eigenvalue weighted by Crippen LogP contribution is 2.26. The van der Waals surface area contributed by atoms with E-state index in [4.69, 9.17) is 10.8 Å². The van der Waals surface area contributed by atoms with Crippen molar-refractivity contribution in [1.29, 1.82) is 0 Å². The minimum Gasteiger partial charge on any atom is -0.477 e. The molecule has 0 saturated heterocycles. The molecule has 0 aliphatic rings. The van der Waals surface area contributed by atoms with Crippen molar-refractivity contribution in [3.8, 4) is 34.6 Å². The van der Waals surface area contributed by atoms with E-state index in [9.17, 15) is 41.9 Å². The van der Waals surface area contributed by atoms with Gasteiger partial charge in [-0.2, -0.15) is 0 Å². The largest absolute Gasteiger partial charge is 0.477 e. The molecule has 12 aromatic rings. The van der Waals surface area contributed by atoms with Crippen LogP contribution in [0, 0.1) is 17.5 Å². The van der Waals surface area contributed by atoms with Crippen molar-refractivity contribution in [3.63, 3.8) is 0 Å². The Morgan fingerprint density at radius 2 is 0.760 bits per heavy atom. The van der Waals surface area contributed by atoms with Crippen LogP contribution in [0.5, 0.6) is 0 Å². The molecule has 12 rings (SSSR count). The van der Waals surface area contributed by atoms with Gasteiger partial charge in [-0.05, 0) is 216 Å². The van der Waals surface area contributed by atoms with Crippen LogP contribution in [0.4, 0.5) is 36.3 Å². The van der Waals surface area contributed by atoms with Gasteiger partial charge in [0.1, 0.15) is 88.1 Å². The summed E-state index contributed by atoms with van der Waals surface area (Å²) >= 11 is 9.69. The van der Waals surface area contributed by atoms with Gasteiger partial charge in [-0.3, -0.25) is 33.9 Å². The second kappa shape index (κ2) is 36.4. The van der Waals surface area contributed by atoms with Crippen molar-refractivity contribution in [2.45, 2.75) is 72.5 Å². The number of nitrogens with two attached hydrogens (primary N) is 1. The molecule has 532 valence electrons. The molecule has 0 aliphatic carbocycles. The number of carbonyl (C=O) groups is 6. The summed E-state index contributed by atoms with van der Waals surface area (Å²) in [6.45, 7) is 12.0. The number of amides is 3. The van der Waals surface area contributed by atoms with Crippen LogP contribution in [0.15, 0.2) is 197 Å². The van der Waals surface area contributed by atoms with Gasteiger partial charge < -0.3 is 40.5 Å². The first-order chi connectivity index (χ1) is 49.3. The van der Waals surface area contributed by atoms with E-state index in [2.05, 4.69) is 124 Å². The summed E-state index contributed by atoms with van der Waals surface area (Å²) in [6.07, 6.45) is 9.31. The lowest BCUT2D eigenvalue weighted by molar-refractivity contribution is 0.0689. The number of aromatic carboxylic acids is 1. The predicted octanol–water partition coefficient (Wildman–Crippen LogP) is 14.6. The lowest BCUT2D eigenvalue weighted by Gasteiger charge is -2.11. The van der Waals surface area contributed by atoms with Crippen LogP contribution in [0.3, 0.4) is 0 Å². The lowest BCUT2D eigenvalue weighted by atomic mass is 10.0. The number of rotatable bonds is 19. The van der Waals surface area contributed by atoms with Crippen molar-refractivity contribution in [1.82, 2.24) is 74.2 Å². The molecule has 104 heavy (non-hydrogen) atoms. The van der Waals surface area contributed by atoms with E-state index in [-0.39, 0.29) is 106 Å². The van der Waals surface area contributed by atoms with Crippen molar-refractivity contribution in [3.05, 3.63) is 259 Å². The van der Waals surface area contributed by atoms with Crippen molar-refractivity contribution < 1.29 is 47.0 Å². The zero-order valence-electron chi connectivity index (χ0n) is 55.8. The fourth-order valence-corrected chi connectivity index (χ4v) is 10.1. The first kappa shape index (κ1) is 78.2. The molecule has 0 atom stereocenters. The van der Waals surface area contributed by atoms with E-state index >= 15 is 0 Å². The second-order valence-electron chi connectivity index (χ2n) is 23.0. The standard InChI is InChI=1S/2C24H20BrFN6O2.C17H17FN6O.C6H4BrNO2.ClH/c2*1-14(2)32-13-28-31-23(32)20-4-3-5-22(29-20)30-24(34)17-10-15(6-8-18(17)26)11-21(33)19-9-7-16(25)12-27-19;1-10(2)24-9-20-23-16(24)14-4-3-5-15(21-14)22-17(25)12-8-11(19)6-7-13(12)18;7-4-1-2-5(6(9)10)8-3-4;/h2*3-10,12-14H,11H2,1-2H3,(H,29,30,34);3-10H,19H2,1-2H3,(H,21,22,25);1-3H,(H,9,10);1H. The summed E-state index contributed by atoms with van der Waals surface area (Å²) in [4.78, 5) is 98.2. The summed E-state index contributed by atoms with van der Waals surface area (Å²) in [6, 6.07) is 37.2. The average molecular weight is 1630 g/mol. The zero-order chi connectivity index (χ0) is 74.0. The molecule has 0 bridgehead atoms. The number of hydrogen-bond acceptors (Lipinski definition) is 19. The van der Waals surface area contributed by atoms with Crippen LogP contribution < -0.4 is 21.7 Å². The van der Waals surface area contributed by atoms with E-state index in [1.807, 2.05) is 55.2 Å². The van der Waals surface area contributed by atoms with E-state index in [0.717, 1.165) is 19.5 Å². The number of carbonyl (C=O) groups excluding carboxylic acids is 5. The molecule has 0 radical (unpaired) electrons. The van der Waals surface area contributed by atoms with Gasteiger partial charge in [0.05, 0.1) is 16.7 Å². The number of nitrogens with one attached hydrogen (secondary N) is 3. The number of ketones is 2. The molecule has 0 aliphatic heterocycles. The van der Waals surface area contributed by atoms with Crippen LogP contribution in [-0.4, -0.2) is 115 Å². The number of anilines is 4. The number of aromatic nitrogens is 15. The molecular formula is C71H62Br3ClF3N19O7. The molecule has 0 spiro atoms. The average Bonchev–Trinajstić information content (AvgIpc) is 1.66. The summed E-state index contributed by atoms with van der Waals surface area (Å²) in [5.41, 5.74) is 8.61. The van der Waals surface area contributed by atoms with Crippen molar-refractivity contribution in [2.24, 2.45) is 0 Å². The Balaban J connectivity index is 0.000000186. The fraction of sp³-hybridized carbons (Fsp3) is 0.155. The van der Waals surface area contributed by atoms with Gasteiger partial charge in [-0.1, -0.05) is 30.3 Å². The maximum absolute atomic E-state index is 14.5. The number of carboxylic acid groups (broad SMARTS) is 1. The third-order valence-electron chi connectivity index (χ3n) is 14.5. The molecule has 0 unspecified atom stereocenters. The van der Waals surface area contributed by atoms with E-state index < -0.39 is 41.1 Å². The number of nitrogens with zero attached hydrogens (tertiary/aromatic N) is 15. The Hall–Kier alpha value is -11.5. The number of hydrogen-bond donors (Lipinski definition) is 5. The fourth-order valence-electron chi connectivity index (χ4n) is 9.41. The minimum atomic E-state index is -1.01. The minimum absolute atomic E-state index is 0. The zero-order valence-corrected chi connectivity index (χ0v) is 61.4. The van der Waals surface area contributed by atoms with Gasteiger partial charge >= 0.3 is 5.97 Å². The summed E-state index contributed by atoms with van der Waals surface area (Å²) in [5.74, 6) is -3.08. The van der Waals surface area contributed by atoms with E-state index in [0.29, 0.717) is 51.4 Å². The quantitative estimate of drug-likeness (QED) is 0.0371. The number of halogens is 7. The first-order valence-electron chi connectivity index (χ1n) is 31.1. The third kappa shape index (κ3) is 21.1. The Morgan fingerprint density at radius 3 is 1.07 bits per heavy atom. The lowest BCUT2D eigenvalue weighted by Crippen LogP contribution is -2.16. The van der Waals surface area contributed by atoms with Crippen LogP contribution in [-0.2, 0) is 12.8 Å². The highest BCUT2D eigenvalue weighted by atomic mass is 79.9. The molecule has 33 heteroatoms. The molecule has 3 aromatic carbocycles. The number of Topliss-reactive ketones (excluding diaryl/α,β-unsaturated/α-hetero) is 2.